The number of unbranched alkanes of at least 4 members (excludes halogenated alkanes) is 12. The Kier molecular flexibility index (Phi) is 29.3. The largest absolute Gasteiger partial charge is 0.479 e. The Morgan fingerprint density at radius 3 is 1.55 bits per heavy atom. The Morgan fingerprint density at radius 2 is 1.02 bits per heavy atom. The summed E-state index contributed by atoms with van der Waals surface area (Å²) in [5.41, 5.74) is 0. The molecule has 0 radical (unpaired) electrons. The molecule has 0 spiro atoms. The van der Waals surface area contributed by atoms with E-state index in [9.17, 15) is 14.7 Å². The van der Waals surface area contributed by atoms with Crippen LogP contribution in [0.15, 0.2) is 60.8 Å². The van der Waals surface area contributed by atoms with Gasteiger partial charge in [0.05, 0.1) is 0 Å². The van der Waals surface area contributed by atoms with Gasteiger partial charge in [-0.25, -0.2) is 4.79 Å². The quantitative estimate of drug-likeness (QED) is 0.0591. The summed E-state index contributed by atoms with van der Waals surface area (Å²) >= 11 is 0. The van der Waals surface area contributed by atoms with Crippen LogP contribution in [0.25, 0.3) is 0 Å². The first-order valence-corrected chi connectivity index (χ1v) is 16.3. The monoisotopic (exact) mass is 556 g/mol. The van der Waals surface area contributed by atoms with Crippen LogP contribution in [-0.4, -0.2) is 23.1 Å². The van der Waals surface area contributed by atoms with Crippen LogP contribution >= 0.6 is 0 Å². The van der Waals surface area contributed by atoms with Gasteiger partial charge < -0.3 is 9.84 Å². The number of carbonyl (C=O) groups excluding carboxylic acids is 1. The summed E-state index contributed by atoms with van der Waals surface area (Å²) in [6.07, 6.45) is 42.4. The Bertz CT molecular complexity index is 729. The van der Waals surface area contributed by atoms with Gasteiger partial charge in [0, 0.05) is 6.42 Å². The van der Waals surface area contributed by atoms with Gasteiger partial charge in [0.1, 0.15) is 0 Å². The number of carbonyl (C=O) groups is 2. The summed E-state index contributed by atoms with van der Waals surface area (Å²) in [5.74, 6) is -1.41. The predicted octanol–water partition coefficient (Wildman–Crippen LogP) is 11.0. The fourth-order valence-corrected chi connectivity index (χ4v) is 4.30. The van der Waals surface area contributed by atoms with Crippen molar-refractivity contribution in [3.63, 3.8) is 0 Å². The second-order valence-corrected chi connectivity index (χ2v) is 10.6. The van der Waals surface area contributed by atoms with Crippen LogP contribution in [0.1, 0.15) is 149 Å². The Labute approximate surface area is 246 Å². The summed E-state index contributed by atoms with van der Waals surface area (Å²) in [7, 11) is 0. The molecule has 0 saturated carbocycles. The third kappa shape index (κ3) is 28.6. The maximum Gasteiger partial charge on any atom is 0.345 e. The lowest BCUT2D eigenvalue weighted by molar-refractivity contribution is -0.164. The molecule has 0 aromatic heterocycles. The molecule has 0 bridgehead atoms. The van der Waals surface area contributed by atoms with Gasteiger partial charge in [-0.05, 0) is 83.5 Å². The third-order valence-corrected chi connectivity index (χ3v) is 6.75. The molecule has 0 aromatic carbocycles. The standard InChI is InChI=1S/C36H60O4/c1-3-5-7-9-11-13-15-17-19-21-23-25-27-29-31-33-35(37)40-34(36(38)39)32-30-28-26-24-22-20-18-16-14-12-10-8-6-4-2/h6,8,11-14,17-20,34H,3-5,7,9-10,15-16,21-33H2,1-2H3,(H,38,39)/b8-6?,13-11-,14-12?,19-17-,20-18?. The molecule has 0 amide bonds. The minimum Gasteiger partial charge on any atom is -0.479 e. The lowest BCUT2D eigenvalue weighted by atomic mass is 10.1. The van der Waals surface area contributed by atoms with Crippen molar-refractivity contribution in [2.45, 2.75) is 155 Å². The van der Waals surface area contributed by atoms with E-state index in [0.29, 0.717) is 12.8 Å². The first kappa shape index (κ1) is 37.6. The van der Waals surface area contributed by atoms with Crippen LogP contribution in [0.3, 0.4) is 0 Å². The lowest BCUT2D eigenvalue weighted by Crippen LogP contribution is -2.27. The second-order valence-electron chi connectivity index (χ2n) is 10.6. The van der Waals surface area contributed by atoms with Gasteiger partial charge in [0.15, 0.2) is 6.10 Å². The van der Waals surface area contributed by atoms with Crippen molar-refractivity contribution in [1.29, 1.82) is 0 Å². The smallest absolute Gasteiger partial charge is 0.345 e. The summed E-state index contributed by atoms with van der Waals surface area (Å²) in [6.45, 7) is 4.37. The van der Waals surface area contributed by atoms with Crippen LogP contribution in [0.2, 0.25) is 0 Å². The topological polar surface area (TPSA) is 63.6 Å². The highest BCUT2D eigenvalue weighted by Crippen LogP contribution is 2.13. The van der Waals surface area contributed by atoms with Crippen LogP contribution < -0.4 is 0 Å². The first-order valence-electron chi connectivity index (χ1n) is 16.3. The molecule has 1 atom stereocenters. The number of hydrogen-bond donors (Lipinski definition) is 1. The molecule has 0 aromatic rings. The van der Waals surface area contributed by atoms with Crippen LogP contribution in [0.4, 0.5) is 0 Å². The van der Waals surface area contributed by atoms with Crippen molar-refractivity contribution in [2.24, 2.45) is 0 Å². The number of esters is 1. The van der Waals surface area contributed by atoms with E-state index < -0.39 is 12.1 Å². The molecule has 0 rings (SSSR count). The van der Waals surface area contributed by atoms with E-state index >= 15 is 0 Å². The highest BCUT2D eigenvalue weighted by molar-refractivity contribution is 5.77. The third-order valence-electron chi connectivity index (χ3n) is 6.75. The molecule has 0 heterocycles. The zero-order valence-corrected chi connectivity index (χ0v) is 25.9. The van der Waals surface area contributed by atoms with Crippen LogP contribution in [-0.2, 0) is 14.3 Å². The van der Waals surface area contributed by atoms with Gasteiger partial charge in [-0.1, -0.05) is 120 Å². The average molecular weight is 557 g/mol. The van der Waals surface area contributed by atoms with E-state index in [2.05, 4.69) is 74.6 Å². The number of ether oxygens (including phenoxy) is 1. The molecule has 0 aliphatic carbocycles. The first-order chi connectivity index (χ1) is 19.6. The van der Waals surface area contributed by atoms with E-state index in [-0.39, 0.29) is 5.97 Å². The number of allylic oxidation sites excluding steroid dienone is 10. The highest BCUT2D eigenvalue weighted by atomic mass is 16.6. The molecule has 0 saturated heterocycles. The van der Waals surface area contributed by atoms with E-state index in [1.807, 2.05) is 0 Å². The number of carboxylic acid groups (broad SMARTS) is 1. The molecular weight excluding hydrogens is 496 g/mol. The molecule has 0 aliphatic heterocycles. The minimum absolute atomic E-state index is 0.311. The maximum atomic E-state index is 12.1. The lowest BCUT2D eigenvalue weighted by Gasteiger charge is -2.13. The van der Waals surface area contributed by atoms with Crippen molar-refractivity contribution in [2.75, 3.05) is 0 Å². The van der Waals surface area contributed by atoms with Gasteiger partial charge in [0.25, 0.3) is 0 Å². The molecule has 40 heavy (non-hydrogen) atoms. The van der Waals surface area contributed by atoms with E-state index in [1.165, 1.54) is 32.1 Å². The normalized spacial score (nSPS) is 13.1. The maximum absolute atomic E-state index is 12.1. The number of hydrogen-bond acceptors (Lipinski definition) is 3. The molecule has 0 aliphatic rings. The fraction of sp³-hybridized carbons (Fsp3) is 0.667. The Hall–Kier alpha value is -2.36. The minimum atomic E-state index is -1.03. The van der Waals surface area contributed by atoms with Crippen LogP contribution in [0.5, 0.6) is 0 Å². The zero-order valence-electron chi connectivity index (χ0n) is 25.9. The van der Waals surface area contributed by atoms with Crippen molar-refractivity contribution >= 4 is 11.9 Å². The van der Waals surface area contributed by atoms with Crippen molar-refractivity contribution in [3.8, 4) is 0 Å². The molecule has 4 nitrogen and oxygen atoms in total. The van der Waals surface area contributed by atoms with Gasteiger partial charge in [-0.15, -0.1) is 0 Å². The highest BCUT2D eigenvalue weighted by Gasteiger charge is 2.21. The Morgan fingerprint density at radius 1 is 0.575 bits per heavy atom. The van der Waals surface area contributed by atoms with Crippen molar-refractivity contribution in [3.05, 3.63) is 60.8 Å². The Balaban J connectivity index is 3.71. The summed E-state index contributed by atoms with van der Waals surface area (Å²) in [6, 6.07) is 0. The predicted molar refractivity (Wildman–Crippen MR) is 172 cm³/mol. The molecule has 4 heteroatoms. The second kappa shape index (κ2) is 31.2. The van der Waals surface area contributed by atoms with E-state index in [1.54, 1.807) is 0 Å². The fourth-order valence-electron chi connectivity index (χ4n) is 4.30. The van der Waals surface area contributed by atoms with Gasteiger partial charge >= 0.3 is 11.9 Å². The van der Waals surface area contributed by atoms with E-state index in [0.717, 1.165) is 89.9 Å². The summed E-state index contributed by atoms with van der Waals surface area (Å²) in [4.78, 5) is 23.6. The molecular formula is C36H60O4. The average Bonchev–Trinajstić information content (AvgIpc) is 2.94. The van der Waals surface area contributed by atoms with Crippen LogP contribution in [0, 0.1) is 0 Å². The van der Waals surface area contributed by atoms with Crippen molar-refractivity contribution in [1.82, 2.24) is 0 Å². The zero-order chi connectivity index (χ0) is 29.4. The number of rotatable bonds is 28. The number of aliphatic carboxylic acids is 1. The van der Waals surface area contributed by atoms with Gasteiger partial charge in [-0.2, -0.15) is 0 Å². The molecule has 1 unspecified atom stereocenters. The van der Waals surface area contributed by atoms with Crippen molar-refractivity contribution < 1.29 is 19.4 Å². The van der Waals surface area contributed by atoms with E-state index in [4.69, 9.17) is 4.74 Å². The number of carboxylic acids is 1. The van der Waals surface area contributed by atoms with Gasteiger partial charge in [0.2, 0.25) is 0 Å². The molecule has 0 fully saturated rings. The summed E-state index contributed by atoms with van der Waals surface area (Å²) < 4.78 is 5.27. The molecule has 1 N–H and O–H groups in total. The van der Waals surface area contributed by atoms with Gasteiger partial charge in [-0.3, -0.25) is 4.79 Å². The summed E-state index contributed by atoms with van der Waals surface area (Å²) in [5, 5.41) is 9.43. The molecule has 228 valence electrons. The SMILES string of the molecule is CCC=CCC=CCC=CCCCCCCC(OC(=O)CCCCCCC/C=C\C/C=C\CCCCC)C(=O)O.